The highest BCUT2D eigenvalue weighted by molar-refractivity contribution is 6.74. The maximum atomic E-state index is 12.5. The van der Waals surface area contributed by atoms with Gasteiger partial charge in [0.05, 0.1) is 12.2 Å². The molecule has 0 radical (unpaired) electrons. The zero-order valence-electron chi connectivity index (χ0n) is 13.1. The van der Waals surface area contributed by atoms with E-state index in [-0.39, 0.29) is 11.6 Å². The Morgan fingerprint density at radius 3 is 1.95 bits per heavy atom. The maximum Gasteiger partial charge on any atom is 0.416 e. The Balaban J connectivity index is 2.71. The van der Waals surface area contributed by atoms with Crippen LogP contribution in [0, 0.1) is 0 Å². The summed E-state index contributed by atoms with van der Waals surface area (Å²) in [5.74, 6) is 0. The fourth-order valence-electron chi connectivity index (χ4n) is 1.49. The van der Waals surface area contributed by atoms with Crippen molar-refractivity contribution >= 4 is 8.32 Å². The van der Waals surface area contributed by atoms with Crippen LogP contribution in [0.25, 0.3) is 0 Å². The van der Waals surface area contributed by atoms with Gasteiger partial charge in [0, 0.05) is 0 Å². The quantitative estimate of drug-likeness (QED) is 0.810. The second-order valence-corrected chi connectivity index (χ2v) is 11.5. The predicted molar refractivity (Wildman–Crippen MR) is 79.6 cm³/mol. The van der Waals surface area contributed by atoms with Gasteiger partial charge in [-0.15, -0.1) is 0 Å². The summed E-state index contributed by atoms with van der Waals surface area (Å²) >= 11 is 0. The van der Waals surface area contributed by atoms with Gasteiger partial charge in [-0.05, 0) is 35.8 Å². The number of aliphatic hydroxyl groups excluding tert-OH is 1. The first-order valence-corrected chi connectivity index (χ1v) is 9.74. The molecule has 6 heteroatoms. The first-order valence-electron chi connectivity index (χ1n) is 6.84. The highest BCUT2D eigenvalue weighted by Gasteiger charge is 2.37. The lowest BCUT2D eigenvalue weighted by Gasteiger charge is -2.36. The summed E-state index contributed by atoms with van der Waals surface area (Å²) < 4.78 is 43.3. The van der Waals surface area contributed by atoms with Gasteiger partial charge in [-0.3, -0.25) is 0 Å². The average molecular weight is 320 g/mol. The molecule has 0 aliphatic carbocycles. The first kappa shape index (κ1) is 18.2. The summed E-state index contributed by atoms with van der Waals surface area (Å²) in [5.41, 5.74) is -0.287. The van der Waals surface area contributed by atoms with E-state index in [1.54, 1.807) is 0 Å². The Kier molecular flexibility index (Phi) is 5.29. The van der Waals surface area contributed by atoms with Crippen molar-refractivity contribution in [2.45, 2.75) is 51.2 Å². The average Bonchev–Trinajstić information content (AvgIpc) is 2.34. The molecule has 0 aliphatic heterocycles. The van der Waals surface area contributed by atoms with E-state index in [9.17, 15) is 18.3 Å². The highest BCUT2D eigenvalue weighted by atomic mass is 28.4. The monoisotopic (exact) mass is 320 g/mol. The van der Waals surface area contributed by atoms with Gasteiger partial charge in [-0.25, -0.2) is 0 Å². The van der Waals surface area contributed by atoms with Crippen LogP contribution in [-0.4, -0.2) is 20.0 Å². The van der Waals surface area contributed by atoms with Crippen LogP contribution in [0.2, 0.25) is 18.1 Å². The molecule has 1 rings (SSSR count). The maximum absolute atomic E-state index is 12.5. The smallest absolute Gasteiger partial charge is 0.414 e. The Hall–Kier alpha value is -0.853. The van der Waals surface area contributed by atoms with Crippen molar-refractivity contribution in [3.63, 3.8) is 0 Å². The van der Waals surface area contributed by atoms with Gasteiger partial charge >= 0.3 is 6.18 Å². The molecule has 120 valence electrons. The molecule has 0 aromatic heterocycles. The van der Waals surface area contributed by atoms with Crippen LogP contribution in [0.4, 0.5) is 13.2 Å². The van der Waals surface area contributed by atoms with E-state index in [1.807, 2.05) is 0 Å². The van der Waals surface area contributed by atoms with Crippen molar-refractivity contribution in [2.24, 2.45) is 0 Å². The fourth-order valence-corrected chi connectivity index (χ4v) is 2.50. The number of aliphatic hydroxyl groups is 1. The summed E-state index contributed by atoms with van der Waals surface area (Å²) in [6.45, 7) is 10.5. The SMILES string of the molecule is CC(C)(C)[Si](C)(C)OCC(O)c1ccc(C(F)(F)F)cc1. The molecule has 0 fully saturated rings. The van der Waals surface area contributed by atoms with Crippen LogP contribution in [0.3, 0.4) is 0 Å². The molecule has 0 heterocycles. The van der Waals surface area contributed by atoms with Gasteiger partial charge in [0.2, 0.25) is 0 Å². The minimum Gasteiger partial charge on any atom is -0.414 e. The summed E-state index contributed by atoms with van der Waals surface area (Å²) in [4.78, 5) is 0. The van der Waals surface area contributed by atoms with Gasteiger partial charge in [0.25, 0.3) is 0 Å². The molecule has 2 nitrogen and oxygen atoms in total. The minimum absolute atomic E-state index is 0.0207. The van der Waals surface area contributed by atoms with Gasteiger partial charge in [0.15, 0.2) is 8.32 Å². The van der Waals surface area contributed by atoms with Crippen LogP contribution in [0.5, 0.6) is 0 Å². The topological polar surface area (TPSA) is 29.5 Å². The zero-order valence-corrected chi connectivity index (χ0v) is 14.1. The number of benzene rings is 1. The Morgan fingerprint density at radius 2 is 1.57 bits per heavy atom. The molecule has 0 saturated heterocycles. The number of rotatable bonds is 4. The third kappa shape index (κ3) is 4.83. The number of hydrogen-bond donors (Lipinski definition) is 1. The molecule has 1 N–H and O–H groups in total. The lowest BCUT2D eigenvalue weighted by atomic mass is 10.1. The summed E-state index contributed by atoms with van der Waals surface area (Å²) in [6, 6.07) is 4.54. The van der Waals surface area contributed by atoms with Gasteiger partial charge in [0.1, 0.15) is 6.10 Å². The van der Waals surface area contributed by atoms with Crippen molar-refractivity contribution < 1.29 is 22.7 Å². The van der Waals surface area contributed by atoms with E-state index in [2.05, 4.69) is 33.9 Å². The van der Waals surface area contributed by atoms with Crippen LogP contribution in [0.1, 0.15) is 38.0 Å². The molecule has 21 heavy (non-hydrogen) atoms. The molecule has 0 bridgehead atoms. The molecule has 0 spiro atoms. The van der Waals surface area contributed by atoms with Crippen LogP contribution >= 0.6 is 0 Å². The van der Waals surface area contributed by atoms with Crippen molar-refractivity contribution in [2.75, 3.05) is 6.61 Å². The molecule has 1 atom stereocenters. The third-order valence-corrected chi connectivity index (χ3v) is 8.53. The van der Waals surface area contributed by atoms with Gasteiger partial charge < -0.3 is 9.53 Å². The third-order valence-electron chi connectivity index (χ3n) is 4.03. The van der Waals surface area contributed by atoms with Gasteiger partial charge in [-0.1, -0.05) is 32.9 Å². The van der Waals surface area contributed by atoms with E-state index in [0.717, 1.165) is 12.1 Å². The fraction of sp³-hybridized carbons (Fsp3) is 0.600. The number of hydrogen-bond acceptors (Lipinski definition) is 2. The second-order valence-electron chi connectivity index (χ2n) is 6.71. The first-order chi connectivity index (χ1) is 9.34. The predicted octanol–water partition coefficient (Wildman–Crippen LogP) is 4.76. The van der Waals surface area contributed by atoms with Crippen molar-refractivity contribution in [3.8, 4) is 0 Å². The molecule has 0 aliphatic rings. The molecular weight excluding hydrogens is 297 g/mol. The largest absolute Gasteiger partial charge is 0.416 e. The zero-order chi connectivity index (χ0) is 16.5. The van der Waals surface area contributed by atoms with Gasteiger partial charge in [-0.2, -0.15) is 13.2 Å². The summed E-state index contributed by atoms with van der Waals surface area (Å²) in [7, 11) is -1.98. The number of halogens is 3. The van der Waals surface area contributed by atoms with Crippen LogP contribution in [0.15, 0.2) is 24.3 Å². The molecule has 0 amide bonds. The van der Waals surface area contributed by atoms with Crippen molar-refractivity contribution in [3.05, 3.63) is 35.4 Å². The highest BCUT2D eigenvalue weighted by Crippen LogP contribution is 2.37. The Bertz CT molecular complexity index is 461. The van der Waals surface area contributed by atoms with Crippen molar-refractivity contribution in [1.29, 1.82) is 0 Å². The number of alkyl halides is 3. The lowest BCUT2D eigenvalue weighted by Crippen LogP contribution is -2.41. The van der Waals surface area contributed by atoms with E-state index >= 15 is 0 Å². The standard InChI is InChI=1S/C15H23F3O2Si/c1-14(2,3)21(4,5)20-10-13(19)11-6-8-12(9-7-11)15(16,17)18/h6-9,13,19H,10H2,1-5H3. The van der Waals surface area contributed by atoms with E-state index in [0.29, 0.717) is 5.56 Å². The molecular formula is C15H23F3O2Si. The summed E-state index contributed by atoms with van der Waals surface area (Å²) in [6.07, 6.45) is -5.28. The van der Waals surface area contributed by atoms with E-state index < -0.39 is 26.2 Å². The molecule has 1 unspecified atom stereocenters. The lowest BCUT2D eigenvalue weighted by molar-refractivity contribution is -0.137. The van der Waals surface area contributed by atoms with Crippen LogP contribution in [-0.2, 0) is 10.6 Å². The summed E-state index contributed by atoms with van der Waals surface area (Å²) in [5, 5.41) is 10.1. The Morgan fingerprint density at radius 1 is 1.10 bits per heavy atom. The second kappa shape index (κ2) is 6.10. The van der Waals surface area contributed by atoms with E-state index in [4.69, 9.17) is 4.43 Å². The minimum atomic E-state index is -4.36. The Labute approximate surface area is 125 Å². The normalized spacial score (nSPS) is 15.1. The molecule has 0 saturated carbocycles. The van der Waals surface area contributed by atoms with Crippen LogP contribution < -0.4 is 0 Å². The molecule has 1 aromatic rings. The molecule has 1 aromatic carbocycles. The van der Waals surface area contributed by atoms with E-state index in [1.165, 1.54) is 12.1 Å². The van der Waals surface area contributed by atoms with Crippen molar-refractivity contribution in [1.82, 2.24) is 0 Å².